The Bertz CT molecular complexity index is 869. The zero-order valence-corrected chi connectivity index (χ0v) is 22.0. The molecule has 0 fully saturated rings. The summed E-state index contributed by atoms with van der Waals surface area (Å²) in [7, 11) is 0. The summed E-state index contributed by atoms with van der Waals surface area (Å²) in [5.41, 5.74) is 1.01. The highest BCUT2D eigenvalue weighted by Crippen LogP contribution is 2.23. The SMILES string of the molecule is CC/C=C\C/C=C\C/C=C\C/C=C\C/C=C\C/C=C\CCC(=O)Oc1cc(C)cc(OCCC)c1. The number of rotatable bonds is 18. The first-order valence-electron chi connectivity index (χ1n) is 13.0. The summed E-state index contributed by atoms with van der Waals surface area (Å²) in [6.45, 7) is 6.83. The molecule has 0 unspecified atom stereocenters. The highest BCUT2D eigenvalue weighted by atomic mass is 16.5. The molecule has 190 valence electrons. The Kier molecular flexibility index (Phi) is 18.4. The Morgan fingerprint density at radius 3 is 1.69 bits per heavy atom. The van der Waals surface area contributed by atoms with Crippen molar-refractivity contribution < 1.29 is 14.3 Å². The van der Waals surface area contributed by atoms with Gasteiger partial charge in [0, 0.05) is 12.5 Å². The summed E-state index contributed by atoms with van der Waals surface area (Å²) >= 11 is 0. The van der Waals surface area contributed by atoms with Gasteiger partial charge in [-0.15, -0.1) is 0 Å². The van der Waals surface area contributed by atoms with Gasteiger partial charge in [-0.25, -0.2) is 0 Å². The molecule has 0 radical (unpaired) electrons. The van der Waals surface area contributed by atoms with Gasteiger partial charge in [0.25, 0.3) is 0 Å². The average Bonchev–Trinajstić information content (AvgIpc) is 2.83. The van der Waals surface area contributed by atoms with Gasteiger partial charge in [-0.2, -0.15) is 0 Å². The van der Waals surface area contributed by atoms with Crippen LogP contribution in [0.4, 0.5) is 0 Å². The van der Waals surface area contributed by atoms with Gasteiger partial charge in [0.1, 0.15) is 11.5 Å². The van der Waals surface area contributed by atoms with Crippen molar-refractivity contribution in [2.75, 3.05) is 6.61 Å². The van der Waals surface area contributed by atoms with Gasteiger partial charge in [-0.3, -0.25) is 4.79 Å². The highest BCUT2D eigenvalue weighted by molar-refractivity contribution is 5.72. The maximum atomic E-state index is 12.1. The van der Waals surface area contributed by atoms with Gasteiger partial charge in [0.05, 0.1) is 6.61 Å². The minimum atomic E-state index is -0.225. The van der Waals surface area contributed by atoms with Crippen molar-refractivity contribution in [2.45, 2.75) is 78.6 Å². The molecule has 1 aromatic rings. The fourth-order valence-electron chi connectivity index (χ4n) is 3.10. The van der Waals surface area contributed by atoms with Crippen LogP contribution in [0.2, 0.25) is 0 Å². The summed E-state index contributed by atoms with van der Waals surface area (Å²) in [6.07, 6.45) is 34.0. The second kappa shape index (κ2) is 21.5. The van der Waals surface area contributed by atoms with E-state index in [1.807, 2.05) is 25.1 Å². The van der Waals surface area contributed by atoms with Gasteiger partial charge in [0.2, 0.25) is 0 Å². The zero-order valence-electron chi connectivity index (χ0n) is 22.0. The number of carbonyl (C=O) groups excluding carboxylic acids is 1. The molecule has 3 nitrogen and oxygen atoms in total. The van der Waals surface area contributed by atoms with E-state index in [-0.39, 0.29) is 5.97 Å². The summed E-state index contributed by atoms with van der Waals surface area (Å²) in [5.74, 6) is 1.06. The third-order valence-electron chi connectivity index (χ3n) is 4.84. The molecule has 0 aliphatic rings. The predicted octanol–water partition coefficient (Wildman–Crippen LogP) is 9.17. The molecule has 0 saturated heterocycles. The molecule has 3 heteroatoms. The number of hydrogen-bond acceptors (Lipinski definition) is 3. The maximum Gasteiger partial charge on any atom is 0.311 e. The predicted molar refractivity (Wildman–Crippen MR) is 150 cm³/mol. The minimum Gasteiger partial charge on any atom is -0.493 e. The van der Waals surface area contributed by atoms with Crippen LogP contribution in [0.25, 0.3) is 0 Å². The number of carbonyl (C=O) groups is 1. The molecule has 0 amide bonds. The lowest BCUT2D eigenvalue weighted by Crippen LogP contribution is -2.07. The van der Waals surface area contributed by atoms with E-state index in [1.165, 1.54) is 0 Å². The molecular weight excluding hydrogens is 432 g/mol. The average molecular weight is 477 g/mol. The van der Waals surface area contributed by atoms with E-state index < -0.39 is 0 Å². The standard InChI is InChI=1S/C32H44O3/c1-4-6-7-8-9-10-11-12-13-14-15-16-17-18-19-20-21-22-23-24-32(33)35-31-27-29(3)26-30(28-31)34-25-5-2/h6-7,9-10,12-13,15-16,18-19,21-22,26-28H,4-5,8,11,14,17,20,23-25H2,1-3H3/b7-6-,10-9-,13-12-,16-15-,19-18-,22-21-. The largest absolute Gasteiger partial charge is 0.493 e. The quantitative estimate of drug-likeness (QED) is 0.120. The summed E-state index contributed by atoms with van der Waals surface area (Å²) in [6, 6.07) is 5.58. The van der Waals surface area contributed by atoms with Gasteiger partial charge < -0.3 is 9.47 Å². The first kappa shape index (κ1) is 30.0. The third-order valence-corrected chi connectivity index (χ3v) is 4.84. The molecule has 0 spiro atoms. The first-order chi connectivity index (χ1) is 17.2. The lowest BCUT2D eigenvalue weighted by atomic mass is 10.2. The monoisotopic (exact) mass is 476 g/mol. The topological polar surface area (TPSA) is 35.5 Å². The molecule has 1 rings (SSSR count). The van der Waals surface area contributed by atoms with Crippen LogP contribution >= 0.6 is 0 Å². The molecule has 35 heavy (non-hydrogen) atoms. The molecule has 0 aromatic heterocycles. The van der Waals surface area contributed by atoms with Gasteiger partial charge in [-0.05, 0) is 76.0 Å². The molecule has 0 N–H and O–H groups in total. The Balaban J connectivity index is 2.12. The fourth-order valence-corrected chi connectivity index (χ4v) is 3.10. The number of aryl methyl sites for hydroxylation is 1. The normalized spacial score (nSPS) is 12.4. The van der Waals surface area contributed by atoms with Crippen molar-refractivity contribution >= 4 is 5.97 Å². The van der Waals surface area contributed by atoms with Crippen LogP contribution in [0.3, 0.4) is 0 Å². The van der Waals surface area contributed by atoms with Crippen molar-refractivity contribution in [1.82, 2.24) is 0 Å². The van der Waals surface area contributed by atoms with Crippen LogP contribution in [0.5, 0.6) is 11.5 Å². The number of allylic oxidation sites excluding steroid dienone is 12. The van der Waals surface area contributed by atoms with Crippen molar-refractivity contribution in [2.24, 2.45) is 0 Å². The van der Waals surface area contributed by atoms with E-state index >= 15 is 0 Å². The Morgan fingerprint density at radius 2 is 1.17 bits per heavy atom. The molecule has 0 heterocycles. The summed E-state index contributed by atoms with van der Waals surface area (Å²) < 4.78 is 11.1. The lowest BCUT2D eigenvalue weighted by Gasteiger charge is -2.09. The minimum absolute atomic E-state index is 0.225. The van der Waals surface area contributed by atoms with Crippen molar-refractivity contribution in [3.05, 3.63) is 96.7 Å². The van der Waals surface area contributed by atoms with Crippen LogP contribution in [-0.4, -0.2) is 12.6 Å². The van der Waals surface area contributed by atoms with E-state index in [2.05, 4.69) is 80.7 Å². The first-order valence-corrected chi connectivity index (χ1v) is 13.0. The number of benzene rings is 1. The Morgan fingerprint density at radius 1 is 0.686 bits per heavy atom. The zero-order chi connectivity index (χ0) is 25.4. The fraction of sp³-hybridized carbons (Fsp3) is 0.406. The van der Waals surface area contributed by atoms with Crippen molar-refractivity contribution in [1.29, 1.82) is 0 Å². The van der Waals surface area contributed by atoms with Crippen LogP contribution in [0, 0.1) is 6.92 Å². The van der Waals surface area contributed by atoms with Gasteiger partial charge >= 0.3 is 5.97 Å². The maximum absolute atomic E-state index is 12.1. The molecule has 0 aliphatic heterocycles. The van der Waals surface area contributed by atoms with Crippen LogP contribution in [-0.2, 0) is 4.79 Å². The summed E-state index contributed by atoms with van der Waals surface area (Å²) in [4.78, 5) is 12.1. The van der Waals surface area contributed by atoms with Crippen molar-refractivity contribution in [3.8, 4) is 11.5 Å². The van der Waals surface area contributed by atoms with E-state index in [9.17, 15) is 4.79 Å². The van der Waals surface area contributed by atoms with Crippen LogP contribution in [0.1, 0.15) is 77.2 Å². The molecule has 0 atom stereocenters. The molecular formula is C32H44O3. The summed E-state index contributed by atoms with van der Waals surface area (Å²) in [5, 5.41) is 0. The van der Waals surface area contributed by atoms with Crippen LogP contribution < -0.4 is 9.47 Å². The third kappa shape index (κ3) is 18.0. The van der Waals surface area contributed by atoms with Crippen LogP contribution in [0.15, 0.2) is 91.1 Å². The molecule has 0 saturated carbocycles. The van der Waals surface area contributed by atoms with Crippen molar-refractivity contribution in [3.63, 3.8) is 0 Å². The molecule has 1 aromatic carbocycles. The smallest absolute Gasteiger partial charge is 0.311 e. The molecule has 0 bridgehead atoms. The van der Waals surface area contributed by atoms with E-state index in [0.717, 1.165) is 56.3 Å². The number of ether oxygens (including phenoxy) is 2. The second-order valence-electron chi connectivity index (χ2n) is 8.26. The Hall–Kier alpha value is -3.07. The number of hydrogen-bond donors (Lipinski definition) is 0. The molecule has 0 aliphatic carbocycles. The van der Waals surface area contributed by atoms with Gasteiger partial charge in [0.15, 0.2) is 0 Å². The number of esters is 1. The Labute approximate surface area is 213 Å². The van der Waals surface area contributed by atoms with E-state index in [4.69, 9.17) is 9.47 Å². The van der Waals surface area contributed by atoms with E-state index in [0.29, 0.717) is 25.2 Å². The highest BCUT2D eigenvalue weighted by Gasteiger charge is 2.06. The van der Waals surface area contributed by atoms with Gasteiger partial charge in [-0.1, -0.05) is 86.8 Å². The van der Waals surface area contributed by atoms with E-state index in [1.54, 1.807) is 6.07 Å². The lowest BCUT2D eigenvalue weighted by molar-refractivity contribution is -0.134. The second-order valence-corrected chi connectivity index (χ2v) is 8.26.